The molecule has 294 valence electrons. The molecule has 0 fully saturated rings. The zero-order valence-corrected chi connectivity index (χ0v) is 34.0. The molecule has 0 spiro atoms. The molecule has 0 bridgehead atoms. The number of benzene rings is 9. The molecule has 13 rings (SSSR count). The third-order valence-corrected chi connectivity index (χ3v) is 12.9. The lowest BCUT2D eigenvalue weighted by molar-refractivity contribution is 0.664. The van der Waals surface area contributed by atoms with E-state index in [0.29, 0.717) is 17.6 Å². The molecular weight excluding hydrogens is 769 g/mol. The highest BCUT2D eigenvalue weighted by Gasteiger charge is 2.50. The van der Waals surface area contributed by atoms with E-state index in [9.17, 15) is 0 Å². The lowest BCUT2D eigenvalue weighted by atomic mass is 9.70. The Kier molecular flexibility index (Phi) is 7.75. The molecule has 0 saturated heterocycles. The third kappa shape index (κ3) is 5.27. The molecule has 63 heavy (non-hydrogen) atoms. The second kappa shape index (κ2) is 13.8. The number of hydrogen-bond donors (Lipinski definition) is 0. The molecule has 0 amide bonds. The molecule has 0 atom stereocenters. The van der Waals surface area contributed by atoms with Crippen LogP contribution in [0.4, 0.5) is 0 Å². The lowest BCUT2D eigenvalue weighted by Gasteiger charge is -2.32. The highest BCUT2D eigenvalue weighted by atomic mass is 16.3. The Morgan fingerprint density at radius 2 is 0.873 bits per heavy atom. The normalized spacial score (nSPS) is 12.9. The first-order chi connectivity index (χ1) is 31.2. The maximum Gasteiger partial charge on any atom is 0.238 e. The van der Waals surface area contributed by atoms with E-state index in [4.69, 9.17) is 19.4 Å². The molecule has 3 heterocycles. The molecule has 5 heteroatoms. The van der Waals surface area contributed by atoms with Crippen molar-refractivity contribution in [2.24, 2.45) is 0 Å². The minimum atomic E-state index is -0.963. The largest absolute Gasteiger partial charge is 0.456 e. The topological polar surface area (TPSA) is 56.7 Å². The fourth-order valence-electron chi connectivity index (χ4n) is 10.2. The van der Waals surface area contributed by atoms with Gasteiger partial charge in [-0.25, -0.2) is 4.98 Å². The van der Waals surface area contributed by atoms with Gasteiger partial charge < -0.3 is 4.42 Å². The van der Waals surface area contributed by atoms with Gasteiger partial charge in [0.2, 0.25) is 5.95 Å². The Labute approximate surface area is 363 Å². The number of rotatable bonds is 6. The summed E-state index contributed by atoms with van der Waals surface area (Å²) in [7, 11) is 0. The van der Waals surface area contributed by atoms with Gasteiger partial charge in [0.25, 0.3) is 0 Å². The van der Waals surface area contributed by atoms with Gasteiger partial charge in [-0.1, -0.05) is 188 Å². The van der Waals surface area contributed by atoms with Crippen molar-refractivity contribution < 1.29 is 4.42 Å². The summed E-state index contributed by atoms with van der Waals surface area (Å²) in [6, 6.07) is 77.1. The maximum absolute atomic E-state index is 6.61. The molecule has 1 aliphatic carbocycles. The number of fused-ring (bicyclic) bond motifs is 9. The molecule has 0 saturated carbocycles. The van der Waals surface area contributed by atoms with Gasteiger partial charge in [0.05, 0.1) is 11.0 Å². The SMILES string of the molecule is c1ccc(-c2ccc(-c3cccc(-c4nc(-n5c6ccccc6c6ccccc65)nc(C5(c6cccc7oc8ccccc8c67)c6ccccc6-c6ccccc65)n4)c3)cc2)cc1. The zero-order valence-electron chi connectivity index (χ0n) is 34.0. The van der Waals surface area contributed by atoms with Crippen LogP contribution in [0.5, 0.6) is 0 Å². The quantitative estimate of drug-likeness (QED) is 0.168. The van der Waals surface area contributed by atoms with Crippen molar-refractivity contribution in [2.75, 3.05) is 0 Å². The molecule has 0 aliphatic heterocycles. The zero-order chi connectivity index (χ0) is 41.5. The van der Waals surface area contributed by atoms with E-state index in [2.05, 4.69) is 211 Å². The van der Waals surface area contributed by atoms with Gasteiger partial charge in [-0.05, 0) is 80.4 Å². The van der Waals surface area contributed by atoms with Crippen molar-refractivity contribution in [1.82, 2.24) is 19.5 Å². The Hall–Kier alpha value is -8.41. The fraction of sp³-hybridized carbons (Fsp3) is 0.0172. The summed E-state index contributed by atoms with van der Waals surface area (Å²) in [4.78, 5) is 16.9. The van der Waals surface area contributed by atoms with E-state index in [-0.39, 0.29) is 0 Å². The lowest BCUT2D eigenvalue weighted by Crippen LogP contribution is -2.32. The van der Waals surface area contributed by atoms with E-state index in [0.717, 1.165) is 88.3 Å². The van der Waals surface area contributed by atoms with E-state index in [1.54, 1.807) is 0 Å². The number of furan rings is 1. The first kappa shape index (κ1) is 35.4. The van der Waals surface area contributed by atoms with Crippen LogP contribution in [0.15, 0.2) is 223 Å². The number of aromatic nitrogens is 4. The van der Waals surface area contributed by atoms with Crippen LogP contribution in [0.2, 0.25) is 0 Å². The Morgan fingerprint density at radius 1 is 0.365 bits per heavy atom. The summed E-state index contributed by atoms with van der Waals surface area (Å²) in [6.45, 7) is 0. The average molecular weight is 805 g/mol. The predicted octanol–water partition coefficient (Wildman–Crippen LogP) is 14.2. The summed E-state index contributed by atoms with van der Waals surface area (Å²) in [6.07, 6.45) is 0. The van der Waals surface area contributed by atoms with Crippen molar-refractivity contribution in [3.63, 3.8) is 0 Å². The van der Waals surface area contributed by atoms with E-state index >= 15 is 0 Å². The van der Waals surface area contributed by atoms with Gasteiger partial charge in [0, 0.05) is 27.1 Å². The van der Waals surface area contributed by atoms with Crippen molar-refractivity contribution in [3.8, 4) is 50.7 Å². The van der Waals surface area contributed by atoms with Crippen LogP contribution in [-0.4, -0.2) is 19.5 Å². The van der Waals surface area contributed by atoms with Crippen LogP contribution in [0.1, 0.15) is 22.5 Å². The molecule has 3 aromatic heterocycles. The predicted molar refractivity (Wildman–Crippen MR) is 255 cm³/mol. The third-order valence-electron chi connectivity index (χ3n) is 12.9. The minimum absolute atomic E-state index is 0.551. The fourth-order valence-corrected chi connectivity index (χ4v) is 10.2. The first-order valence-corrected chi connectivity index (χ1v) is 21.4. The molecule has 12 aromatic rings. The van der Waals surface area contributed by atoms with Gasteiger partial charge >= 0.3 is 0 Å². The monoisotopic (exact) mass is 804 g/mol. The molecule has 0 unspecified atom stereocenters. The smallest absolute Gasteiger partial charge is 0.238 e. The van der Waals surface area contributed by atoms with Crippen LogP contribution in [-0.2, 0) is 5.41 Å². The van der Waals surface area contributed by atoms with E-state index < -0.39 is 5.41 Å². The molecule has 9 aromatic carbocycles. The van der Waals surface area contributed by atoms with Crippen LogP contribution >= 0.6 is 0 Å². The van der Waals surface area contributed by atoms with E-state index in [1.807, 2.05) is 12.1 Å². The van der Waals surface area contributed by atoms with Crippen LogP contribution in [0, 0.1) is 0 Å². The number of hydrogen-bond acceptors (Lipinski definition) is 4. The number of nitrogens with zero attached hydrogens (tertiary/aromatic N) is 4. The Bertz CT molecular complexity index is 3650. The highest BCUT2D eigenvalue weighted by molar-refractivity contribution is 6.10. The van der Waals surface area contributed by atoms with Crippen LogP contribution < -0.4 is 0 Å². The minimum Gasteiger partial charge on any atom is -0.456 e. The highest BCUT2D eigenvalue weighted by Crippen LogP contribution is 2.57. The summed E-state index contributed by atoms with van der Waals surface area (Å²) in [5, 5.41) is 4.37. The number of para-hydroxylation sites is 3. The Morgan fingerprint density at radius 3 is 1.59 bits per heavy atom. The van der Waals surface area contributed by atoms with Crippen molar-refractivity contribution in [2.45, 2.75) is 5.41 Å². The molecule has 1 aliphatic rings. The van der Waals surface area contributed by atoms with Gasteiger partial charge in [-0.15, -0.1) is 0 Å². The maximum atomic E-state index is 6.61. The Balaban J connectivity index is 1.13. The van der Waals surface area contributed by atoms with E-state index in [1.165, 1.54) is 11.1 Å². The standard InChI is InChI=1S/C58H36N4O/c1-2-16-37(17-3-1)38-32-34-39(35-33-38)40-18-14-19-41(36-40)55-59-56(61-57(60-55)62-50-28-11-6-22-44(50)45-23-7-12-29-51(45)62)58(47-25-9-4-20-42(47)43-21-5-10-26-48(43)58)49-27-15-31-53-54(49)46-24-8-13-30-52(46)63-53/h1-36H. The summed E-state index contributed by atoms with van der Waals surface area (Å²) in [5.74, 6) is 1.78. The van der Waals surface area contributed by atoms with Crippen LogP contribution in [0.25, 0.3) is 94.5 Å². The molecule has 5 nitrogen and oxygen atoms in total. The van der Waals surface area contributed by atoms with Crippen LogP contribution in [0.3, 0.4) is 0 Å². The molecular formula is C58H36N4O. The average Bonchev–Trinajstić information content (AvgIpc) is 4.01. The van der Waals surface area contributed by atoms with Gasteiger partial charge in [0.1, 0.15) is 16.6 Å². The van der Waals surface area contributed by atoms with Crippen molar-refractivity contribution >= 4 is 43.7 Å². The molecule has 0 radical (unpaired) electrons. The summed E-state index contributed by atoms with van der Waals surface area (Å²) in [5.41, 5.74) is 13.8. The van der Waals surface area contributed by atoms with Crippen molar-refractivity contribution in [3.05, 3.63) is 241 Å². The van der Waals surface area contributed by atoms with Gasteiger partial charge in [-0.2, -0.15) is 9.97 Å². The van der Waals surface area contributed by atoms with Crippen molar-refractivity contribution in [1.29, 1.82) is 0 Å². The molecule has 0 N–H and O–H groups in total. The second-order valence-corrected chi connectivity index (χ2v) is 16.3. The second-order valence-electron chi connectivity index (χ2n) is 16.3. The van der Waals surface area contributed by atoms with Gasteiger partial charge in [0.15, 0.2) is 11.6 Å². The summed E-state index contributed by atoms with van der Waals surface area (Å²) >= 11 is 0. The summed E-state index contributed by atoms with van der Waals surface area (Å²) < 4.78 is 8.82. The van der Waals surface area contributed by atoms with Gasteiger partial charge in [-0.3, -0.25) is 4.57 Å². The first-order valence-electron chi connectivity index (χ1n) is 21.4.